The summed E-state index contributed by atoms with van der Waals surface area (Å²) >= 11 is 0. The standard InChI is InChI=1S/C31H35N5O5/c1-17(2)9-25(34-27(37)23-7-6-8-36(5)29(23)39)28(38)35-31(13-24(31)30(40)41)22-12-21(15-33-16-22)26-18(3)10-20(14-32)11-19(26)4/h6-8,10-12,15-17,24-25,29,39H,9,13H2,1-5H3,(H,34,37)(H,35,38)(H,40,41)/t24?,25-,29?,31?/m0/s1. The Hall–Kier alpha value is -4.49. The number of benzene rings is 1. The molecular weight excluding hydrogens is 522 g/mol. The Bertz CT molecular complexity index is 1470. The highest BCUT2D eigenvalue weighted by molar-refractivity contribution is 5.98. The van der Waals surface area contributed by atoms with Gasteiger partial charge in [-0.05, 0) is 85.2 Å². The predicted molar refractivity (Wildman–Crippen MR) is 152 cm³/mol. The van der Waals surface area contributed by atoms with Crippen LogP contribution in [0.15, 0.2) is 54.5 Å². The van der Waals surface area contributed by atoms with Gasteiger partial charge in [-0.15, -0.1) is 0 Å². The topological polar surface area (TPSA) is 156 Å². The van der Waals surface area contributed by atoms with E-state index in [0.29, 0.717) is 17.5 Å². The number of nitrogens with zero attached hydrogens (tertiary/aromatic N) is 3. The van der Waals surface area contributed by atoms with Crippen molar-refractivity contribution in [2.24, 2.45) is 11.8 Å². The molecule has 2 amide bonds. The number of hydrogen-bond donors (Lipinski definition) is 4. The largest absolute Gasteiger partial charge is 0.481 e. The van der Waals surface area contributed by atoms with Crippen LogP contribution in [0.2, 0.25) is 0 Å². The van der Waals surface area contributed by atoms with Crippen molar-refractivity contribution in [1.29, 1.82) is 5.26 Å². The summed E-state index contributed by atoms with van der Waals surface area (Å²) in [7, 11) is 1.63. The van der Waals surface area contributed by atoms with E-state index < -0.39 is 41.5 Å². The number of amides is 2. The van der Waals surface area contributed by atoms with E-state index >= 15 is 0 Å². The molecule has 41 heavy (non-hydrogen) atoms. The van der Waals surface area contributed by atoms with Crippen molar-refractivity contribution in [2.45, 2.75) is 58.3 Å². The smallest absolute Gasteiger partial charge is 0.309 e. The fourth-order valence-electron chi connectivity index (χ4n) is 5.51. The van der Waals surface area contributed by atoms with Crippen LogP contribution in [0, 0.1) is 37.0 Å². The van der Waals surface area contributed by atoms with Gasteiger partial charge in [-0.1, -0.05) is 13.8 Å². The number of aryl methyl sites for hydroxylation is 2. The highest BCUT2D eigenvalue weighted by atomic mass is 16.4. The molecular formula is C31H35N5O5. The molecule has 214 valence electrons. The normalized spacial score (nSPS) is 22.0. The Morgan fingerprint density at radius 1 is 1.20 bits per heavy atom. The Morgan fingerprint density at radius 3 is 2.46 bits per heavy atom. The summed E-state index contributed by atoms with van der Waals surface area (Å²) < 4.78 is 0. The number of aromatic nitrogens is 1. The molecule has 1 aromatic carbocycles. The molecule has 1 aromatic heterocycles. The summed E-state index contributed by atoms with van der Waals surface area (Å²) in [4.78, 5) is 44.8. The zero-order valence-corrected chi connectivity index (χ0v) is 23.8. The monoisotopic (exact) mass is 557 g/mol. The van der Waals surface area contributed by atoms with Crippen LogP contribution in [0.25, 0.3) is 11.1 Å². The second kappa shape index (κ2) is 11.6. The number of aliphatic hydroxyl groups excluding tert-OH is 1. The predicted octanol–water partition coefficient (Wildman–Crippen LogP) is 2.89. The van der Waals surface area contributed by atoms with Gasteiger partial charge in [-0.2, -0.15) is 5.26 Å². The molecule has 4 atom stereocenters. The lowest BCUT2D eigenvalue weighted by Gasteiger charge is -2.29. The Labute approximate surface area is 239 Å². The third-order valence-electron chi connectivity index (χ3n) is 7.66. The van der Waals surface area contributed by atoms with Crippen molar-refractivity contribution in [3.8, 4) is 17.2 Å². The average molecular weight is 558 g/mol. The molecule has 0 radical (unpaired) electrons. The number of pyridine rings is 1. The van der Waals surface area contributed by atoms with Crippen molar-refractivity contribution >= 4 is 17.8 Å². The van der Waals surface area contributed by atoms with Gasteiger partial charge in [0.15, 0.2) is 6.23 Å². The third-order valence-corrected chi connectivity index (χ3v) is 7.66. The van der Waals surface area contributed by atoms with Crippen molar-refractivity contribution < 1.29 is 24.6 Å². The number of aliphatic carboxylic acids is 1. The van der Waals surface area contributed by atoms with Crippen molar-refractivity contribution in [3.05, 3.63) is 76.8 Å². The quantitative estimate of drug-likeness (QED) is 0.367. The first-order chi connectivity index (χ1) is 19.4. The van der Waals surface area contributed by atoms with E-state index in [2.05, 4.69) is 21.7 Å². The number of carboxylic acids is 1. The lowest BCUT2D eigenvalue weighted by atomic mass is 9.92. The lowest BCUT2D eigenvalue weighted by Crippen LogP contribution is -2.52. The molecule has 10 nitrogen and oxygen atoms in total. The van der Waals surface area contributed by atoms with Crippen molar-refractivity contribution in [3.63, 3.8) is 0 Å². The summed E-state index contributed by atoms with van der Waals surface area (Å²) in [6.45, 7) is 7.63. The van der Waals surface area contributed by atoms with E-state index in [-0.39, 0.29) is 17.9 Å². The fraction of sp³-hybridized carbons (Fsp3) is 0.387. The molecule has 1 saturated carbocycles. The van der Waals surface area contributed by atoms with Gasteiger partial charge >= 0.3 is 5.97 Å². The second-order valence-corrected chi connectivity index (χ2v) is 11.3. The summed E-state index contributed by atoms with van der Waals surface area (Å²) in [5.74, 6) is -2.97. The van der Waals surface area contributed by atoms with Crippen molar-refractivity contribution in [1.82, 2.24) is 20.5 Å². The van der Waals surface area contributed by atoms with E-state index in [1.165, 1.54) is 11.0 Å². The minimum absolute atomic E-state index is 0.0385. The van der Waals surface area contributed by atoms with Gasteiger partial charge in [0, 0.05) is 31.2 Å². The molecule has 0 bridgehead atoms. The first-order valence-corrected chi connectivity index (χ1v) is 13.5. The van der Waals surface area contributed by atoms with Gasteiger partial charge in [0.05, 0.1) is 28.7 Å². The molecule has 2 heterocycles. The summed E-state index contributed by atoms with van der Waals surface area (Å²) in [5, 5.41) is 35.4. The molecule has 1 aliphatic heterocycles. The number of carbonyl (C=O) groups excluding carboxylic acids is 2. The van der Waals surface area contributed by atoms with Gasteiger partial charge in [-0.3, -0.25) is 19.4 Å². The van der Waals surface area contributed by atoms with Crippen LogP contribution in [0.3, 0.4) is 0 Å². The zero-order chi connectivity index (χ0) is 30.1. The zero-order valence-electron chi connectivity index (χ0n) is 23.8. The van der Waals surface area contributed by atoms with Gasteiger partial charge < -0.3 is 25.7 Å². The summed E-state index contributed by atoms with van der Waals surface area (Å²) in [5.41, 5.74) is 3.38. The van der Waals surface area contributed by atoms with E-state index in [9.17, 15) is 29.9 Å². The minimum Gasteiger partial charge on any atom is -0.481 e. The van der Waals surface area contributed by atoms with E-state index in [4.69, 9.17) is 0 Å². The lowest BCUT2D eigenvalue weighted by molar-refractivity contribution is -0.139. The molecule has 1 fully saturated rings. The maximum atomic E-state index is 13.7. The van der Waals surface area contributed by atoms with Crippen LogP contribution in [0.1, 0.15) is 48.9 Å². The molecule has 10 heteroatoms. The molecule has 2 aromatic rings. The third kappa shape index (κ3) is 6.00. The molecule has 4 N–H and O–H groups in total. The SMILES string of the molecule is Cc1cc(C#N)cc(C)c1-c1cncc(C2(NC(=O)[C@H](CC(C)C)NC(=O)C3=CC=CN(C)C3O)CC2C(=O)O)c1. The van der Waals surface area contributed by atoms with E-state index in [1.807, 2.05) is 33.8 Å². The van der Waals surface area contributed by atoms with Gasteiger partial charge in [0.25, 0.3) is 5.91 Å². The average Bonchev–Trinajstić information content (AvgIpc) is 3.65. The van der Waals surface area contributed by atoms with Crippen LogP contribution in [0.4, 0.5) is 0 Å². The number of carboxylic acid groups (broad SMARTS) is 1. The van der Waals surface area contributed by atoms with E-state index in [0.717, 1.165) is 22.3 Å². The molecule has 0 saturated heterocycles. The Morgan fingerprint density at radius 2 is 1.88 bits per heavy atom. The number of aliphatic hydroxyl groups is 1. The van der Waals surface area contributed by atoms with Crippen LogP contribution in [0.5, 0.6) is 0 Å². The minimum atomic E-state index is -1.20. The number of nitrogens with one attached hydrogen (secondary N) is 2. The van der Waals surface area contributed by atoms with Gasteiger partial charge in [-0.25, -0.2) is 0 Å². The molecule has 2 aliphatic rings. The van der Waals surface area contributed by atoms with Crippen molar-refractivity contribution in [2.75, 3.05) is 7.05 Å². The van der Waals surface area contributed by atoms with Gasteiger partial charge in [0.1, 0.15) is 6.04 Å². The Balaban J connectivity index is 1.65. The van der Waals surface area contributed by atoms with Gasteiger partial charge in [0.2, 0.25) is 5.91 Å². The first-order valence-electron chi connectivity index (χ1n) is 13.5. The molecule has 4 rings (SSSR count). The highest BCUT2D eigenvalue weighted by Crippen LogP contribution is 2.52. The Kier molecular flexibility index (Phi) is 8.31. The maximum absolute atomic E-state index is 13.7. The van der Waals surface area contributed by atoms with E-state index in [1.54, 1.807) is 43.9 Å². The number of hydrogen-bond acceptors (Lipinski definition) is 7. The van der Waals surface area contributed by atoms with Crippen LogP contribution < -0.4 is 10.6 Å². The fourth-order valence-corrected chi connectivity index (χ4v) is 5.51. The number of rotatable bonds is 9. The number of allylic oxidation sites excluding steroid dienone is 2. The molecule has 3 unspecified atom stereocenters. The summed E-state index contributed by atoms with van der Waals surface area (Å²) in [6, 6.07) is 6.60. The number of likely N-dealkylation sites (N-methyl/N-ethyl adjacent to an activating group) is 1. The second-order valence-electron chi connectivity index (χ2n) is 11.3. The van der Waals surface area contributed by atoms with Crippen LogP contribution in [-0.2, 0) is 19.9 Å². The first kappa shape index (κ1) is 29.5. The van der Waals surface area contributed by atoms with Crippen LogP contribution >= 0.6 is 0 Å². The number of nitriles is 1. The molecule has 0 spiro atoms. The maximum Gasteiger partial charge on any atom is 0.309 e. The summed E-state index contributed by atoms with van der Waals surface area (Å²) in [6.07, 6.45) is 7.32. The molecule has 1 aliphatic carbocycles. The number of carbonyl (C=O) groups is 3. The highest BCUT2D eigenvalue weighted by Gasteiger charge is 2.61. The van der Waals surface area contributed by atoms with Crippen LogP contribution in [-0.4, -0.2) is 57.2 Å².